The number of nitrogens with zero attached hydrogens (tertiary/aromatic N) is 1. The molecule has 0 aromatic carbocycles. The van der Waals surface area contributed by atoms with Gasteiger partial charge < -0.3 is 10.2 Å². The van der Waals surface area contributed by atoms with Crippen LogP contribution < -0.4 is 5.32 Å². The number of carbonyl (C=O) groups is 1. The SMILES string of the molecule is C=C(C)C(=O)NCCCN(C)CCCCCCCCCCCC. The van der Waals surface area contributed by atoms with Crippen LogP contribution in [0.5, 0.6) is 0 Å². The van der Waals surface area contributed by atoms with Crippen molar-refractivity contribution in [3.63, 3.8) is 0 Å². The molecular weight excluding hydrogens is 284 g/mol. The van der Waals surface area contributed by atoms with Crippen molar-refractivity contribution in [1.29, 1.82) is 0 Å². The summed E-state index contributed by atoms with van der Waals surface area (Å²) in [7, 11) is 2.17. The molecule has 3 nitrogen and oxygen atoms in total. The smallest absolute Gasteiger partial charge is 0.246 e. The fourth-order valence-electron chi connectivity index (χ4n) is 2.68. The lowest BCUT2D eigenvalue weighted by molar-refractivity contribution is -0.117. The molecule has 0 heterocycles. The summed E-state index contributed by atoms with van der Waals surface area (Å²) in [6.07, 6.45) is 14.9. The van der Waals surface area contributed by atoms with E-state index in [4.69, 9.17) is 0 Å². The Morgan fingerprint density at radius 2 is 1.35 bits per heavy atom. The Bertz CT molecular complexity index is 302. The third kappa shape index (κ3) is 15.8. The molecule has 0 spiro atoms. The van der Waals surface area contributed by atoms with Gasteiger partial charge in [0.15, 0.2) is 0 Å². The molecule has 0 aromatic heterocycles. The summed E-state index contributed by atoms with van der Waals surface area (Å²) < 4.78 is 0. The molecule has 0 rings (SSSR count). The lowest BCUT2D eigenvalue weighted by atomic mass is 10.1. The average molecular weight is 325 g/mol. The van der Waals surface area contributed by atoms with Gasteiger partial charge in [-0.15, -0.1) is 0 Å². The molecule has 136 valence electrons. The highest BCUT2D eigenvalue weighted by Gasteiger charge is 2.01. The number of carbonyl (C=O) groups excluding carboxylic acids is 1. The number of hydrogen-bond acceptors (Lipinski definition) is 2. The van der Waals surface area contributed by atoms with Crippen LogP contribution in [0.4, 0.5) is 0 Å². The molecule has 0 saturated heterocycles. The molecule has 0 aliphatic carbocycles. The monoisotopic (exact) mass is 324 g/mol. The standard InChI is InChI=1S/C20H40N2O/c1-5-6-7-8-9-10-11-12-13-14-17-22(4)18-15-16-21-20(23)19(2)3/h2,5-18H2,1,3-4H3,(H,21,23). The summed E-state index contributed by atoms with van der Waals surface area (Å²) >= 11 is 0. The van der Waals surface area contributed by atoms with Crippen molar-refractivity contribution in [2.24, 2.45) is 0 Å². The second kappa shape index (κ2) is 16.0. The molecule has 0 fully saturated rings. The number of unbranched alkanes of at least 4 members (excludes halogenated alkanes) is 9. The van der Waals surface area contributed by atoms with Gasteiger partial charge in [0.05, 0.1) is 0 Å². The Balaban J connectivity index is 3.26. The zero-order valence-electron chi connectivity index (χ0n) is 16.0. The molecule has 0 atom stereocenters. The minimum absolute atomic E-state index is 0.0256. The highest BCUT2D eigenvalue weighted by atomic mass is 16.1. The second-order valence-corrected chi connectivity index (χ2v) is 6.88. The maximum Gasteiger partial charge on any atom is 0.246 e. The number of nitrogens with one attached hydrogen (secondary N) is 1. The predicted molar refractivity (Wildman–Crippen MR) is 102 cm³/mol. The molecule has 0 unspecified atom stereocenters. The van der Waals surface area contributed by atoms with Crippen LogP contribution in [0.1, 0.15) is 84.5 Å². The van der Waals surface area contributed by atoms with Gasteiger partial charge >= 0.3 is 0 Å². The van der Waals surface area contributed by atoms with Gasteiger partial charge in [-0.1, -0.05) is 71.3 Å². The minimum atomic E-state index is -0.0256. The van der Waals surface area contributed by atoms with Crippen molar-refractivity contribution in [2.75, 3.05) is 26.7 Å². The first kappa shape index (κ1) is 22.2. The van der Waals surface area contributed by atoms with E-state index in [1.807, 2.05) is 0 Å². The first-order chi connectivity index (χ1) is 11.1. The van der Waals surface area contributed by atoms with Crippen LogP contribution in [-0.4, -0.2) is 37.5 Å². The molecule has 0 aliphatic heterocycles. The zero-order chi connectivity index (χ0) is 17.3. The molecule has 0 aromatic rings. The summed E-state index contributed by atoms with van der Waals surface area (Å²) in [5, 5.41) is 2.88. The molecule has 0 radical (unpaired) electrons. The lowest BCUT2D eigenvalue weighted by Crippen LogP contribution is -2.28. The van der Waals surface area contributed by atoms with Gasteiger partial charge in [-0.25, -0.2) is 0 Å². The minimum Gasteiger partial charge on any atom is -0.352 e. The van der Waals surface area contributed by atoms with Gasteiger partial charge in [-0.3, -0.25) is 4.79 Å². The molecule has 0 saturated carbocycles. The molecule has 3 heteroatoms. The second-order valence-electron chi connectivity index (χ2n) is 6.88. The van der Waals surface area contributed by atoms with Crippen LogP contribution in [0, 0.1) is 0 Å². The number of amides is 1. The Hall–Kier alpha value is -0.830. The number of rotatable bonds is 16. The van der Waals surface area contributed by atoms with Crippen molar-refractivity contribution in [1.82, 2.24) is 10.2 Å². The van der Waals surface area contributed by atoms with Crippen molar-refractivity contribution < 1.29 is 4.79 Å². The van der Waals surface area contributed by atoms with E-state index in [1.54, 1.807) is 6.92 Å². The molecule has 0 bridgehead atoms. The summed E-state index contributed by atoms with van der Waals surface area (Å²) in [4.78, 5) is 13.7. The van der Waals surface area contributed by atoms with E-state index in [9.17, 15) is 4.79 Å². The van der Waals surface area contributed by atoms with Gasteiger partial charge in [0, 0.05) is 12.1 Å². The van der Waals surface area contributed by atoms with Crippen LogP contribution in [0.15, 0.2) is 12.2 Å². The van der Waals surface area contributed by atoms with E-state index in [0.29, 0.717) is 5.57 Å². The molecule has 23 heavy (non-hydrogen) atoms. The highest BCUT2D eigenvalue weighted by Crippen LogP contribution is 2.10. The van der Waals surface area contributed by atoms with Crippen LogP contribution >= 0.6 is 0 Å². The maximum absolute atomic E-state index is 11.3. The van der Waals surface area contributed by atoms with Crippen molar-refractivity contribution >= 4 is 5.91 Å². The maximum atomic E-state index is 11.3. The quantitative estimate of drug-likeness (QED) is 0.323. The van der Waals surface area contributed by atoms with Crippen molar-refractivity contribution in [2.45, 2.75) is 84.5 Å². The van der Waals surface area contributed by atoms with Crippen LogP contribution in [0.25, 0.3) is 0 Å². The van der Waals surface area contributed by atoms with Gasteiger partial charge in [0.2, 0.25) is 5.91 Å². The summed E-state index contributed by atoms with van der Waals surface area (Å²) in [5.41, 5.74) is 0.587. The van der Waals surface area contributed by atoms with E-state index in [2.05, 4.69) is 30.8 Å². The Kier molecular flexibility index (Phi) is 15.5. The summed E-state index contributed by atoms with van der Waals surface area (Å²) in [6, 6.07) is 0. The van der Waals surface area contributed by atoms with Crippen molar-refractivity contribution in [3.8, 4) is 0 Å². The Morgan fingerprint density at radius 1 is 0.870 bits per heavy atom. The summed E-state index contributed by atoms with van der Waals surface area (Å²) in [6.45, 7) is 10.6. The van der Waals surface area contributed by atoms with Gasteiger partial charge in [0.1, 0.15) is 0 Å². The van der Waals surface area contributed by atoms with Crippen LogP contribution in [0.2, 0.25) is 0 Å². The van der Waals surface area contributed by atoms with Gasteiger partial charge in [0.25, 0.3) is 0 Å². The first-order valence-electron chi connectivity index (χ1n) is 9.70. The van der Waals surface area contributed by atoms with Crippen LogP contribution in [0.3, 0.4) is 0 Å². The number of hydrogen-bond donors (Lipinski definition) is 1. The third-order valence-electron chi connectivity index (χ3n) is 4.28. The van der Waals surface area contributed by atoms with E-state index in [0.717, 1.165) is 19.5 Å². The largest absolute Gasteiger partial charge is 0.352 e. The highest BCUT2D eigenvalue weighted by molar-refractivity contribution is 5.91. The molecular formula is C20H40N2O. The van der Waals surface area contributed by atoms with Gasteiger partial charge in [-0.2, -0.15) is 0 Å². The Labute approximate surface area is 144 Å². The topological polar surface area (TPSA) is 32.3 Å². The predicted octanol–water partition coefficient (Wildman–Crippen LogP) is 4.92. The normalized spacial score (nSPS) is 11.0. The Morgan fingerprint density at radius 3 is 1.87 bits per heavy atom. The van der Waals surface area contributed by atoms with E-state index in [1.165, 1.54) is 70.8 Å². The lowest BCUT2D eigenvalue weighted by Gasteiger charge is -2.16. The summed E-state index contributed by atoms with van der Waals surface area (Å²) in [5.74, 6) is -0.0256. The molecule has 1 N–H and O–H groups in total. The van der Waals surface area contributed by atoms with Crippen molar-refractivity contribution in [3.05, 3.63) is 12.2 Å². The van der Waals surface area contributed by atoms with Crippen LogP contribution in [-0.2, 0) is 4.79 Å². The first-order valence-corrected chi connectivity index (χ1v) is 9.70. The fraction of sp³-hybridized carbons (Fsp3) is 0.850. The van der Waals surface area contributed by atoms with E-state index in [-0.39, 0.29) is 5.91 Å². The molecule has 1 amide bonds. The van der Waals surface area contributed by atoms with E-state index >= 15 is 0 Å². The average Bonchev–Trinajstić information content (AvgIpc) is 2.53. The molecule has 0 aliphatic rings. The van der Waals surface area contributed by atoms with Gasteiger partial charge in [-0.05, 0) is 39.9 Å². The fourth-order valence-corrected chi connectivity index (χ4v) is 2.68. The van der Waals surface area contributed by atoms with E-state index < -0.39 is 0 Å². The third-order valence-corrected chi connectivity index (χ3v) is 4.28. The zero-order valence-corrected chi connectivity index (χ0v) is 16.0.